The van der Waals surface area contributed by atoms with Crippen LogP contribution in [-0.4, -0.2) is 50.6 Å². The fourth-order valence-electron chi connectivity index (χ4n) is 4.52. The Bertz CT molecular complexity index is 1300. The third-order valence-electron chi connectivity index (χ3n) is 6.31. The highest BCUT2D eigenvalue weighted by atomic mass is 16.5. The Balaban J connectivity index is 1.31. The van der Waals surface area contributed by atoms with E-state index in [0.717, 1.165) is 46.7 Å². The average molecular weight is 442 g/mol. The molecule has 0 aliphatic carbocycles. The number of amides is 1. The van der Waals surface area contributed by atoms with E-state index in [1.54, 1.807) is 24.0 Å². The first kappa shape index (κ1) is 21.1. The summed E-state index contributed by atoms with van der Waals surface area (Å²) in [4.78, 5) is 24.3. The van der Waals surface area contributed by atoms with Crippen LogP contribution in [0.15, 0.2) is 55.0 Å². The van der Waals surface area contributed by atoms with Gasteiger partial charge in [0, 0.05) is 42.8 Å². The summed E-state index contributed by atoms with van der Waals surface area (Å²) in [5.74, 6) is 1.17. The van der Waals surface area contributed by atoms with Crippen LogP contribution in [0.3, 0.4) is 0 Å². The van der Waals surface area contributed by atoms with Crippen LogP contribution in [0, 0.1) is 13.8 Å². The van der Waals surface area contributed by atoms with Crippen LogP contribution < -0.4 is 4.74 Å². The van der Waals surface area contributed by atoms with Crippen LogP contribution >= 0.6 is 0 Å². The van der Waals surface area contributed by atoms with Gasteiger partial charge in [-0.05, 0) is 67.6 Å². The van der Waals surface area contributed by atoms with E-state index in [9.17, 15) is 4.79 Å². The molecular formula is C26H27N5O2. The van der Waals surface area contributed by atoms with Gasteiger partial charge < -0.3 is 9.64 Å². The minimum atomic E-state index is -0.00377. The molecule has 1 fully saturated rings. The van der Waals surface area contributed by atoms with Gasteiger partial charge in [0.1, 0.15) is 11.3 Å². The van der Waals surface area contributed by atoms with Crippen LogP contribution in [0.2, 0.25) is 0 Å². The lowest BCUT2D eigenvalue weighted by Crippen LogP contribution is -2.38. The number of carbonyl (C=O) groups is 1. The van der Waals surface area contributed by atoms with Gasteiger partial charge in [0.25, 0.3) is 5.91 Å². The number of ether oxygens (including phenoxy) is 1. The molecule has 3 aromatic heterocycles. The molecule has 1 amide bonds. The van der Waals surface area contributed by atoms with E-state index in [2.05, 4.69) is 34.3 Å². The molecule has 0 saturated carbocycles. The van der Waals surface area contributed by atoms with Gasteiger partial charge >= 0.3 is 0 Å². The summed E-state index contributed by atoms with van der Waals surface area (Å²) in [7, 11) is 1.67. The quantitative estimate of drug-likeness (QED) is 0.468. The molecule has 1 aromatic carbocycles. The van der Waals surface area contributed by atoms with Gasteiger partial charge in [-0.2, -0.15) is 5.10 Å². The smallest absolute Gasteiger partial charge is 0.259 e. The fourth-order valence-corrected chi connectivity index (χ4v) is 4.52. The van der Waals surface area contributed by atoms with Gasteiger partial charge in [-0.1, -0.05) is 12.1 Å². The van der Waals surface area contributed by atoms with Crippen molar-refractivity contribution in [2.24, 2.45) is 0 Å². The molecule has 0 N–H and O–H groups in total. The SMILES string of the molecule is COc1ccc(-c2cc(C)nc(C3CCN(C(=O)c4cnn5cc(C)cnc45)CC3)c2)cc1. The van der Waals surface area contributed by atoms with Crippen molar-refractivity contribution in [1.82, 2.24) is 24.5 Å². The van der Waals surface area contributed by atoms with Gasteiger partial charge in [0.2, 0.25) is 0 Å². The maximum absolute atomic E-state index is 13.2. The van der Waals surface area contributed by atoms with E-state index in [1.807, 2.05) is 37.1 Å². The highest BCUT2D eigenvalue weighted by molar-refractivity contribution is 5.99. The van der Waals surface area contributed by atoms with Gasteiger partial charge in [-0.25, -0.2) is 9.50 Å². The summed E-state index contributed by atoms with van der Waals surface area (Å²) in [6.45, 7) is 5.38. The fraction of sp³-hybridized carbons (Fsp3) is 0.308. The molecule has 4 aromatic rings. The van der Waals surface area contributed by atoms with Gasteiger partial charge in [0.05, 0.1) is 13.3 Å². The number of hydrogen-bond donors (Lipinski definition) is 0. The summed E-state index contributed by atoms with van der Waals surface area (Å²) in [5.41, 5.74) is 6.58. The van der Waals surface area contributed by atoms with Gasteiger partial charge in [-0.15, -0.1) is 0 Å². The zero-order chi connectivity index (χ0) is 22.9. The normalized spacial score (nSPS) is 14.6. The Kier molecular flexibility index (Phi) is 5.54. The molecule has 1 aliphatic heterocycles. The molecule has 1 saturated heterocycles. The first-order chi connectivity index (χ1) is 16.0. The van der Waals surface area contributed by atoms with Crippen molar-refractivity contribution in [1.29, 1.82) is 0 Å². The third kappa shape index (κ3) is 4.18. The molecule has 0 radical (unpaired) electrons. The van der Waals surface area contributed by atoms with E-state index < -0.39 is 0 Å². The van der Waals surface area contributed by atoms with Crippen LogP contribution in [0.5, 0.6) is 5.75 Å². The summed E-state index contributed by atoms with van der Waals surface area (Å²) in [6.07, 6.45) is 7.05. The number of nitrogens with zero attached hydrogens (tertiary/aromatic N) is 5. The molecule has 0 atom stereocenters. The molecule has 168 valence electrons. The molecule has 7 heteroatoms. The lowest BCUT2D eigenvalue weighted by Gasteiger charge is -2.31. The largest absolute Gasteiger partial charge is 0.497 e. The van der Waals surface area contributed by atoms with Crippen molar-refractivity contribution >= 4 is 11.6 Å². The number of pyridine rings is 1. The maximum Gasteiger partial charge on any atom is 0.259 e. The molecule has 33 heavy (non-hydrogen) atoms. The van der Waals surface area contributed by atoms with Crippen LogP contribution in [-0.2, 0) is 0 Å². The Morgan fingerprint density at radius 1 is 1.03 bits per heavy atom. The van der Waals surface area contributed by atoms with E-state index in [4.69, 9.17) is 9.72 Å². The zero-order valence-electron chi connectivity index (χ0n) is 19.2. The number of aryl methyl sites for hydroxylation is 2. The lowest BCUT2D eigenvalue weighted by molar-refractivity contribution is 0.0713. The van der Waals surface area contributed by atoms with Crippen LogP contribution in [0.25, 0.3) is 16.8 Å². The van der Waals surface area contributed by atoms with E-state index >= 15 is 0 Å². The number of benzene rings is 1. The summed E-state index contributed by atoms with van der Waals surface area (Å²) >= 11 is 0. The first-order valence-corrected chi connectivity index (χ1v) is 11.2. The minimum absolute atomic E-state index is 0.00377. The van der Waals surface area contributed by atoms with Crippen molar-refractivity contribution in [3.63, 3.8) is 0 Å². The summed E-state index contributed by atoms with van der Waals surface area (Å²) in [5, 5.41) is 4.31. The van der Waals surface area contributed by atoms with Crippen molar-refractivity contribution in [2.75, 3.05) is 20.2 Å². The topological polar surface area (TPSA) is 72.6 Å². The van der Waals surface area contributed by atoms with Crippen LogP contribution in [0.4, 0.5) is 0 Å². The molecule has 0 unspecified atom stereocenters. The molecule has 0 bridgehead atoms. The van der Waals surface area contributed by atoms with Crippen molar-refractivity contribution < 1.29 is 9.53 Å². The molecule has 1 aliphatic rings. The predicted molar refractivity (Wildman–Crippen MR) is 127 cm³/mol. The van der Waals surface area contributed by atoms with E-state index in [-0.39, 0.29) is 5.91 Å². The number of aromatic nitrogens is 4. The maximum atomic E-state index is 13.2. The summed E-state index contributed by atoms with van der Waals surface area (Å²) < 4.78 is 6.95. The highest BCUT2D eigenvalue weighted by Gasteiger charge is 2.27. The third-order valence-corrected chi connectivity index (χ3v) is 6.31. The number of carbonyl (C=O) groups excluding carboxylic acids is 1. The number of likely N-dealkylation sites (tertiary alicyclic amines) is 1. The second-order valence-corrected chi connectivity index (χ2v) is 8.67. The van der Waals surface area contributed by atoms with Crippen molar-refractivity contribution in [2.45, 2.75) is 32.6 Å². The Morgan fingerprint density at radius 3 is 2.52 bits per heavy atom. The number of hydrogen-bond acceptors (Lipinski definition) is 5. The average Bonchev–Trinajstić information content (AvgIpc) is 3.26. The minimum Gasteiger partial charge on any atom is -0.497 e. The molecule has 0 spiro atoms. The van der Waals surface area contributed by atoms with E-state index in [1.165, 1.54) is 0 Å². The first-order valence-electron chi connectivity index (χ1n) is 11.2. The predicted octanol–water partition coefficient (Wildman–Crippen LogP) is 4.44. The lowest BCUT2D eigenvalue weighted by atomic mass is 9.91. The van der Waals surface area contributed by atoms with Gasteiger partial charge in [-0.3, -0.25) is 9.78 Å². The Labute approximate surface area is 193 Å². The van der Waals surface area contributed by atoms with Crippen LogP contribution in [0.1, 0.15) is 46.1 Å². The Hall–Kier alpha value is -3.74. The highest BCUT2D eigenvalue weighted by Crippen LogP contribution is 2.31. The van der Waals surface area contributed by atoms with Crippen molar-refractivity contribution in [3.05, 3.63) is 77.5 Å². The van der Waals surface area contributed by atoms with E-state index in [0.29, 0.717) is 30.2 Å². The molecule has 7 nitrogen and oxygen atoms in total. The standard InChI is InChI=1S/C26H27N5O2/c1-17-14-27-25-23(15-28-31(25)16-17)26(32)30-10-8-20(9-11-30)24-13-21(12-18(2)29-24)19-4-6-22(33-3)7-5-19/h4-7,12-16,20H,8-11H2,1-3H3. The number of methoxy groups -OCH3 is 1. The second kappa shape index (κ2) is 8.65. The monoisotopic (exact) mass is 441 g/mol. The second-order valence-electron chi connectivity index (χ2n) is 8.67. The molecule has 5 rings (SSSR count). The molecular weight excluding hydrogens is 414 g/mol. The van der Waals surface area contributed by atoms with Gasteiger partial charge in [0.15, 0.2) is 5.65 Å². The summed E-state index contributed by atoms with van der Waals surface area (Å²) in [6, 6.07) is 12.4. The number of fused-ring (bicyclic) bond motifs is 1. The van der Waals surface area contributed by atoms with Crippen molar-refractivity contribution in [3.8, 4) is 16.9 Å². The Morgan fingerprint density at radius 2 is 1.79 bits per heavy atom. The molecule has 4 heterocycles. The zero-order valence-corrected chi connectivity index (χ0v) is 19.2. The number of piperidine rings is 1. The number of rotatable bonds is 4.